The van der Waals surface area contributed by atoms with Crippen molar-refractivity contribution in [3.8, 4) is 5.75 Å². The molecule has 2 N–H and O–H groups in total. The van der Waals surface area contributed by atoms with Gasteiger partial charge in [0.25, 0.3) is 11.8 Å². The van der Waals surface area contributed by atoms with E-state index in [9.17, 15) is 19.5 Å². The molecule has 1 aliphatic heterocycles. The Hall–Kier alpha value is -2.89. The molecule has 108 valence electrons. The summed E-state index contributed by atoms with van der Waals surface area (Å²) < 4.78 is 0. The van der Waals surface area contributed by atoms with E-state index < -0.39 is 17.8 Å². The van der Waals surface area contributed by atoms with Gasteiger partial charge < -0.3 is 5.11 Å². The van der Waals surface area contributed by atoms with Crippen molar-refractivity contribution < 1.29 is 19.5 Å². The van der Waals surface area contributed by atoms with E-state index in [4.69, 9.17) is 0 Å². The van der Waals surface area contributed by atoms with Crippen LogP contribution in [0.3, 0.4) is 0 Å². The maximum absolute atomic E-state index is 12.2. The van der Waals surface area contributed by atoms with Gasteiger partial charge in [-0.3, -0.25) is 19.8 Å². The van der Waals surface area contributed by atoms with Crippen molar-refractivity contribution in [2.45, 2.75) is 6.92 Å². The lowest BCUT2D eigenvalue weighted by molar-refractivity contribution is -0.129. The molecule has 6 nitrogen and oxygen atoms in total. The van der Waals surface area contributed by atoms with Gasteiger partial charge in [0.2, 0.25) is 0 Å². The van der Waals surface area contributed by atoms with Gasteiger partial charge in [-0.1, -0.05) is 12.1 Å². The number of carbonyl (C=O) groups is 3. The average molecular weight is 286 g/mol. The monoisotopic (exact) mass is 286 g/mol. The zero-order valence-corrected chi connectivity index (χ0v) is 11.4. The third kappa shape index (κ3) is 2.84. The Bertz CT molecular complexity index is 676. The average Bonchev–Trinajstić information content (AvgIpc) is 2.43. The third-order valence-electron chi connectivity index (χ3n) is 3.03. The Kier molecular flexibility index (Phi) is 3.89. The van der Waals surface area contributed by atoms with E-state index in [0.29, 0.717) is 11.1 Å². The molecule has 6 heteroatoms. The molecular formula is C15H14N2O4. The van der Waals surface area contributed by atoms with Crippen LogP contribution in [0.25, 0.3) is 6.08 Å². The summed E-state index contributed by atoms with van der Waals surface area (Å²) in [6.07, 6.45) is 2.78. The molecule has 4 amide bonds. The highest BCUT2D eigenvalue weighted by atomic mass is 16.3. The number of phenolic OH excluding ortho intramolecular Hbond substituents is 1. The molecule has 0 aliphatic carbocycles. The molecule has 0 spiro atoms. The van der Waals surface area contributed by atoms with Gasteiger partial charge in [0.15, 0.2) is 0 Å². The van der Waals surface area contributed by atoms with E-state index >= 15 is 0 Å². The summed E-state index contributed by atoms with van der Waals surface area (Å²) in [7, 11) is 0. The molecule has 1 aliphatic rings. The number of hydrogen-bond donors (Lipinski definition) is 2. The van der Waals surface area contributed by atoms with Crippen molar-refractivity contribution >= 4 is 23.9 Å². The number of imide groups is 2. The molecule has 0 bridgehead atoms. The highest BCUT2D eigenvalue weighted by molar-refractivity contribution is 6.31. The second-order valence-corrected chi connectivity index (χ2v) is 4.57. The van der Waals surface area contributed by atoms with Crippen molar-refractivity contribution in [1.29, 1.82) is 0 Å². The predicted octanol–water partition coefficient (Wildman–Crippen LogP) is 1.35. The summed E-state index contributed by atoms with van der Waals surface area (Å²) in [6, 6.07) is 3.92. The SMILES string of the molecule is C=CCN1C(=O)NC(=O)/C(=C\c2ccc(O)c(C)c2)C1=O. The van der Waals surface area contributed by atoms with Crippen molar-refractivity contribution in [2.75, 3.05) is 6.54 Å². The fourth-order valence-electron chi connectivity index (χ4n) is 1.92. The summed E-state index contributed by atoms with van der Waals surface area (Å²) in [4.78, 5) is 36.4. The van der Waals surface area contributed by atoms with Crippen LogP contribution in [0.5, 0.6) is 5.75 Å². The van der Waals surface area contributed by atoms with Crippen LogP contribution in [0, 0.1) is 6.92 Å². The van der Waals surface area contributed by atoms with Crippen molar-refractivity contribution in [3.63, 3.8) is 0 Å². The van der Waals surface area contributed by atoms with Gasteiger partial charge in [0.1, 0.15) is 11.3 Å². The summed E-state index contributed by atoms with van der Waals surface area (Å²) in [5.74, 6) is -1.29. The van der Waals surface area contributed by atoms with Crippen LogP contribution in [-0.2, 0) is 9.59 Å². The normalized spacial score (nSPS) is 17.1. The molecule has 0 radical (unpaired) electrons. The van der Waals surface area contributed by atoms with Gasteiger partial charge in [-0.2, -0.15) is 0 Å². The van der Waals surface area contributed by atoms with Crippen molar-refractivity contribution in [2.24, 2.45) is 0 Å². The van der Waals surface area contributed by atoms with Crippen LogP contribution < -0.4 is 5.32 Å². The van der Waals surface area contributed by atoms with Gasteiger partial charge in [-0.15, -0.1) is 6.58 Å². The van der Waals surface area contributed by atoms with Crippen LogP contribution in [0.1, 0.15) is 11.1 Å². The van der Waals surface area contributed by atoms with Crippen LogP contribution >= 0.6 is 0 Å². The lowest BCUT2D eigenvalue weighted by Gasteiger charge is -2.25. The van der Waals surface area contributed by atoms with Crippen LogP contribution in [0.4, 0.5) is 4.79 Å². The highest BCUT2D eigenvalue weighted by Gasteiger charge is 2.34. The molecule has 21 heavy (non-hydrogen) atoms. The second-order valence-electron chi connectivity index (χ2n) is 4.57. The topological polar surface area (TPSA) is 86.7 Å². The smallest absolute Gasteiger partial charge is 0.331 e. The van der Waals surface area contributed by atoms with E-state index in [-0.39, 0.29) is 17.9 Å². The largest absolute Gasteiger partial charge is 0.508 e. The van der Waals surface area contributed by atoms with Crippen LogP contribution in [0.2, 0.25) is 0 Å². The molecule has 0 unspecified atom stereocenters. The first-order valence-electron chi connectivity index (χ1n) is 6.23. The van der Waals surface area contributed by atoms with Gasteiger partial charge >= 0.3 is 6.03 Å². The summed E-state index contributed by atoms with van der Waals surface area (Å²) in [5.41, 5.74) is 1.06. The molecule has 0 atom stereocenters. The number of barbiturate groups is 1. The Balaban J connectivity index is 2.40. The number of nitrogens with zero attached hydrogens (tertiary/aromatic N) is 1. The number of carbonyl (C=O) groups excluding carboxylic acids is 3. The number of aryl methyl sites for hydroxylation is 1. The van der Waals surface area contributed by atoms with Crippen molar-refractivity contribution in [3.05, 3.63) is 47.6 Å². The first kappa shape index (κ1) is 14.5. The number of phenols is 1. The molecule has 1 aromatic carbocycles. The number of aromatic hydroxyl groups is 1. The fourth-order valence-corrected chi connectivity index (χ4v) is 1.92. The van der Waals surface area contributed by atoms with E-state index in [2.05, 4.69) is 11.9 Å². The minimum Gasteiger partial charge on any atom is -0.508 e. The van der Waals surface area contributed by atoms with E-state index in [1.807, 2.05) is 0 Å². The highest BCUT2D eigenvalue weighted by Crippen LogP contribution is 2.20. The fraction of sp³-hybridized carbons (Fsp3) is 0.133. The minimum absolute atomic E-state index is 0.0178. The molecule has 1 heterocycles. The zero-order chi connectivity index (χ0) is 15.6. The van der Waals surface area contributed by atoms with Crippen LogP contribution in [0.15, 0.2) is 36.4 Å². The first-order chi connectivity index (χ1) is 9.93. The molecule has 1 fully saturated rings. The standard InChI is InChI=1S/C15H14N2O4/c1-3-6-17-14(20)11(13(19)16-15(17)21)8-10-4-5-12(18)9(2)7-10/h3-5,7-8,18H,1,6H2,2H3,(H,16,19,21)/b11-8+. The summed E-state index contributed by atoms with van der Waals surface area (Å²) in [6.45, 7) is 5.19. The van der Waals surface area contributed by atoms with Gasteiger partial charge in [0.05, 0.1) is 0 Å². The Morgan fingerprint density at radius 2 is 2.05 bits per heavy atom. The van der Waals surface area contributed by atoms with Gasteiger partial charge in [-0.05, 0) is 36.3 Å². The summed E-state index contributed by atoms with van der Waals surface area (Å²) in [5, 5.41) is 11.6. The number of rotatable bonds is 3. The maximum Gasteiger partial charge on any atom is 0.331 e. The van der Waals surface area contributed by atoms with Gasteiger partial charge in [0, 0.05) is 6.54 Å². The Morgan fingerprint density at radius 3 is 2.67 bits per heavy atom. The van der Waals surface area contributed by atoms with E-state index in [1.54, 1.807) is 19.1 Å². The molecular weight excluding hydrogens is 272 g/mol. The van der Waals surface area contributed by atoms with E-state index in [0.717, 1.165) is 4.90 Å². The second kappa shape index (κ2) is 5.62. The predicted molar refractivity (Wildman–Crippen MR) is 76.3 cm³/mol. The third-order valence-corrected chi connectivity index (χ3v) is 3.03. The minimum atomic E-state index is -0.760. The number of hydrogen-bond acceptors (Lipinski definition) is 4. The van der Waals surface area contributed by atoms with Crippen LogP contribution in [-0.4, -0.2) is 34.4 Å². The summed E-state index contributed by atoms with van der Waals surface area (Å²) >= 11 is 0. The number of urea groups is 1. The maximum atomic E-state index is 12.2. The molecule has 2 rings (SSSR count). The molecule has 1 aromatic rings. The Labute approximate surface area is 121 Å². The zero-order valence-electron chi connectivity index (χ0n) is 11.4. The number of amides is 4. The number of nitrogens with one attached hydrogen (secondary N) is 1. The van der Waals surface area contributed by atoms with E-state index in [1.165, 1.54) is 18.2 Å². The molecule has 1 saturated heterocycles. The quantitative estimate of drug-likeness (QED) is 0.499. The lowest BCUT2D eigenvalue weighted by Crippen LogP contribution is -2.54. The molecule has 0 saturated carbocycles. The first-order valence-corrected chi connectivity index (χ1v) is 6.23. The number of benzene rings is 1. The van der Waals surface area contributed by atoms with Gasteiger partial charge in [-0.25, -0.2) is 4.79 Å². The lowest BCUT2D eigenvalue weighted by atomic mass is 10.1. The Morgan fingerprint density at radius 1 is 1.33 bits per heavy atom. The molecule has 0 aromatic heterocycles. The van der Waals surface area contributed by atoms with Crippen molar-refractivity contribution in [1.82, 2.24) is 10.2 Å².